The first-order valence-corrected chi connectivity index (χ1v) is 14.6. The number of carbonyl (C=O) groups excluding carboxylic acids is 2. The third-order valence-corrected chi connectivity index (χ3v) is 9.74. The standard InChI is InChI=1S/C32H39N3O6/c1-32(2)18-33(17-28(36)27-13-19-6-4-5-7-21(19)16-34(27)31(39)40)30(38)25-11-8-20(12-26(25)32)29(37)35-22-9-10-23(35)15-24(14-22)41-3/h4-8,11-12,22-24,27-28,36H,9-10,13-18H2,1-3H3,(H,39,40)/t22-,23+,24?,27?,28-/m1/s1. The Hall–Kier alpha value is -3.43. The number of methoxy groups -OCH3 is 1. The van der Waals surface area contributed by atoms with Crippen LogP contribution >= 0.6 is 0 Å². The maximum Gasteiger partial charge on any atom is 0.407 e. The summed E-state index contributed by atoms with van der Waals surface area (Å²) >= 11 is 0. The van der Waals surface area contributed by atoms with Gasteiger partial charge in [-0.3, -0.25) is 14.5 Å². The summed E-state index contributed by atoms with van der Waals surface area (Å²) in [7, 11) is 1.74. The van der Waals surface area contributed by atoms with E-state index in [2.05, 4.69) is 0 Å². The maximum atomic E-state index is 13.7. The monoisotopic (exact) mass is 561 g/mol. The highest BCUT2D eigenvalue weighted by Gasteiger charge is 2.45. The van der Waals surface area contributed by atoms with Crippen LogP contribution in [0.4, 0.5) is 4.79 Å². The lowest BCUT2D eigenvalue weighted by Crippen LogP contribution is -2.56. The molecule has 6 rings (SSSR count). The minimum absolute atomic E-state index is 0.0160. The van der Waals surface area contributed by atoms with E-state index in [-0.39, 0.29) is 43.1 Å². The van der Waals surface area contributed by atoms with Crippen LogP contribution in [0, 0.1) is 0 Å². The van der Waals surface area contributed by atoms with Crippen LogP contribution in [0.25, 0.3) is 0 Å². The molecule has 0 aliphatic carbocycles. The smallest absolute Gasteiger partial charge is 0.407 e. The van der Waals surface area contributed by atoms with Crippen molar-refractivity contribution in [1.29, 1.82) is 0 Å². The summed E-state index contributed by atoms with van der Waals surface area (Å²) in [6, 6.07) is 12.8. The highest BCUT2D eigenvalue weighted by atomic mass is 16.5. The van der Waals surface area contributed by atoms with Crippen LogP contribution in [0.1, 0.15) is 76.9 Å². The molecule has 4 aliphatic heterocycles. The van der Waals surface area contributed by atoms with Gasteiger partial charge in [0.1, 0.15) is 0 Å². The summed E-state index contributed by atoms with van der Waals surface area (Å²) in [6.45, 7) is 4.67. The first kappa shape index (κ1) is 27.7. The number of amides is 3. The predicted octanol–water partition coefficient (Wildman–Crippen LogP) is 3.67. The molecule has 2 bridgehead atoms. The molecule has 0 spiro atoms. The summed E-state index contributed by atoms with van der Waals surface area (Å²) in [5.41, 5.74) is 3.44. The molecule has 2 aromatic rings. The van der Waals surface area contributed by atoms with E-state index in [0.29, 0.717) is 24.1 Å². The predicted molar refractivity (Wildman–Crippen MR) is 152 cm³/mol. The number of carboxylic acid groups (broad SMARTS) is 1. The molecule has 0 saturated carbocycles. The zero-order valence-corrected chi connectivity index (χ0v) is 24.0. The molecule has 0 aromatic heterocycles. The first-order chi connectivity index (χ1) is 19.6. The lowest BCUT2D eigenvalue weighted by molar-refractivity contribution is 0.00808. The van der Waals surface area contributed by atoms with E-state index < -0.39 is 23.7 Å². The van der Waals surface area contributed by atoms with Gasteiger partial charge in [0.25, 0.3) is 11.8 Å². The number of aliphatic hydroxyl groups excluding tert-OH is 1. The molecular formula is C32H39N3O6. The number of carbonyl (C=O) groups is 3. The van der Waals surface area contributed by atoms with Crippen molar-refractivity contribution in [3.8, 4) is 0 Å². The van der Waals surface area contributed by atoms with E-state index in [9.17, 15) is 24.6 Å². The van der Waals surface area contributed by atoms with Crippen molar-refractivity contribution in [1.82, 2.24) is 14.7 Å². The quantitative estimate of drug-likeness (QED) is 0.577. The largest absolute Gasteiger partial charge is 0.465 e. The van der Waals surface area contributed by atoms with Gasteiger partial charge in [-0.05, 0) is 67.0 Å². The number of benzene rings is 2. The van der Waals surface area contributed by atoms with E-state index >= 15 is 0 Å². The number of rotatable bonds is 5. The Bertz CT molecular complexity index is 1360. The van der Waals surface area contributed by atoms with Crippen LogP contribution in [0.5, 0.6) is 0 Å². The number of hydrogen-bond donors (Lipinski definition) is 2. The Labute approximate surface area is 240 Å². The summed E-state index contributed by atoms with van der Waals surface area (Å²) in [5.74, 6) is -0.196. The first-order valence-electron chi connectivity index (χ1n) is 14.6. The van der Waals surface area contributed by atoms with Crippen molar-refractivity contribution >= 4 is 17.9 Å². The number of nitrogens with zero attached hydrogens (tertiary/aromatic N) is 3. The molecule has 2 saturated heterocycles. The van der Waals surface area contributed by atoms with Gasteiger partial charge < -0.3 is 24.7 Å². The SMILES string of the molecule is COC1C[C@H]2CC[C@@H](C1)N2C(=O)c1ccc2c(c1)C(C)(C)CN(C[C@@H](O)C1Cc3ccccc3CN1C(=O)O)C2=O. The number of piperidine rings is 1. The summed E-state index contributed by atoms with van der Waals surface area (Å²) < 4.78 is 5.60. The summed E-state index contributed by atoms with van der Waals surface area (Å²) in [4.78, 5) is 44.4. The van der Waals surface area contributed by atoms with E-state index in [1.165, 1.54) is 4.90 Å². The second kappa shape index (κ2) is 10.4. The number of aliphatic hydroxyl groups is 1. The Morgan fingerprint density at radius 3 is 2.41 bits per heavy atom. The van der Waals surface area contributed by atoms with E-state index in [1.54, 1.807) is 24.1 Å². The second-order valence-corrected chi connectivity index (χ2v) is 12.8. The molecule has 9 heteroatoms. The third-order valence-electron chi connectivity index (χ3n) is 9.74. The van der Waals surface area contributed by atoms with Gasteiger partial charge in [-0.2, -0.15) is 0 Å². The molecule has 3 amide bonds. The highest BCUT2D eigenvalue weighted by Crippen LogP contribution is 2.39. The average molecular weight is 562 g/mol. The molecule has 218 valence electrons. The van der Waals surface area contributed by atoms with Crippen molar-refractivity contribution in [2.75, 3.05) is 20.2 Å². The lowest BCUT2D eigenvalue weighted by Gasteiger charge is -2.43. The molecule has 2 N–H and O–H groups in total. The van der Waals surface area contributed by atoms with E-state index in [1.807, 2.05) is 49.1 Å². The van der Waals surface area contributed by atoms with Crippen molar-refractivity contribution in [2.24, 2.45) is 0 Å². The molecule has 4 heterocycles. The number of hydrogen-bond acceptors (Lipinski definition) is 5. The van der Waals surface area contributed by atoms with Crippen LogP contribution < -0.4 is 0 Å². The normalized spacial score (nSPS) is 27.3. The van der Waals surface area contributed by atoms with Crippen molar-refractivity contribution in [3.63, 3.8) is 0 Å². The number of β-amino-alcohol motifs (C(OH)–C–C–N with tert-alkyl or cyclic N) is 1. The molecular weight excluding hydrogens is 522 g/mol. The van der Waals surface area contributed by atoms with Crippen molar-refractivity contribution < 1.29 is 29.3 Å². The fraction of sp³-hybridized carbons (Fsp3) is 0.531. The minimum Gasteiger partial charge on any atom is -0.465 e. The molecule has 2 aromatic carbocycles. The van der Waals surface area contributed by atoms with Gasteiger partial charge in [-0.15, -0.1) is 0 Å². The van der Waals surface area contributed by atoms with Gasteiger partial charge >= 0.3 is 6.09 Å². The molecule has 9 nitrogen and oxygen atoms in total. The Kier molecular flexibility index (Phi) is 7.06. The van der Waals surface area contributed by atoms with Crippen molar-refractivity contribution in [3.05, 3.63) is 70.3 Å². The molecule has 0 radical (unpaired) electrons. The fourth-order valence-electron chi connectivity index (χ4n) is 7.62. The van der Waals surface area contributed by atoms with Crippen LogP contribution in [0.2, 0.25) is 0 Å². The van der Waals surface area contributed by atoms with Gasteiger partial charge in [0.2, 0.25) is 0 Å². The Morgan fingerprint density at radius 2 is 1.76 bits per heavy atom. The van der Waals surface area contributed by atoms with Crippen LogP contribution in [0.3, 0.4) is 0 Å². The molecule has 4 aliphatic rings. The topological polar surface area (TPSA) is 111 Å². The van der Waals surface area contributed by atoms with E-state index in [4.69, 9.17) is 4.74 Å². The Balaban J connectivity index is 1.21. The van der Waals surface area contributed by atoms with Crippen LogP contribution in [-0.2, 0) is 23.1 Å². The van der Waals surface area contributed by atoms with Crippen LogP contribution in [-0.4, -0.2) is 93.4 Å². The highest BCUT2D eigenvalue weighted by molar-refractivity contribution is 6.00. The molecule has 2 fully saturated rings. The zero-order chi connectivity index (χ0) is 29.1. The number of ether oxygens (including phenoxy) is 1. The van der Waals surface area contributed by atoms with E-state index in [0.717, 1.165) is 42.4 Å². The molecule has 41 heavy (non-hydrogen) atoms. The third kappa shape index (κ3) is 4.89. The molecule has 2 unspecified atom stereocenters. The van der Waals surface area contributed by atoms with Crippen LogP contribution in [0.15, 0.2) is 42.5 Å². The lowest BCUT2D eigenvalue weighted by atomic mass is 9.77. The number of fused-ring (bicyclic) bond motifs is 4. The molecule has 5 atom stereocenters. The summed E-state index contributed by atoms with van der Waals surface area (Å²) in [5, 5.41) is 21.2. The Morgan fingerprint density at radius 1 is 1.07 bits per heavy atom. The average Bonchev–Trinajstić information content (AvgIpc) is 3.22. The van der Waals surface area contributed by atoms with Crippen molar-refractivity contribution in [2.45, 2.75) is 88.2 Å². The maximum absolute atomic E-state index is 13.7. The minimum atomic E-state index is -1.09. The van der Waals surface area contributed by atoms with Gasteiger partial charge in [-0.1, -0.05) is 38.1 Å². The van der Waals surface area contributed by atoms with Gasteiger partial charge in [0.05, 0.1) is 18.2 Å². The van der Waals surface area contributed by atoms with Gasteiger partial charge in [0.15, 0.2) is 0 Å². The summed E-state index contributed by atoms with van der Waals surface area (Å²) in [6.07, 6.45) is 2.16. The van der Waals surface area contributed by atoms with Gasteiger partial charge in [-0.25, -0.2) is 4.79 Å². The zero-order valence-electron chi connectivity index (χ0n) is 24.0. The van der Waals surface area contributed by atoms with Gasteiger partial charge in [0, 0.05) is 55.4 Å². The second-order valence-electron chi connectivity index (χ2n) is 12.8. The fourth-order valence-corrected chi connectivity index (χ4v) is 7.62.